The third kappa shape index (κ3) is 5.38. The first kappa shape index (κ1) is 15.6. The van der Waals surface area contributed by atoms with Crippen LogP contribution in [0.3, 0.4) is 0 Å². The molecule has 1 aromatic heterocycles. The van der Waals surface area contributed by atoms with Crippen LogP contribution in [0.15, 0.2) is 10.5 Å². The van der Waals surface area contributed by atoms with Crippen LogP contribution >= 0.6 is 11.8 Å². The lowest BCUT2D eigenvalue weighted by atomic mass is 10.2. The standard InChI is InChI=1S/C13H19NO4S/c1-3-4-5-19-8-12(15)14-7-10-6-11(13(16)17)9(2)18-10/h6H,3-5,7-8H2,1-2H3,(H,14,15)(H,16,17). The second-order valence-corrected chi connectivity index (χ2v) is 5.28. The summed E-state index contributed by atoms with van der Waals surface area (Å²) >= 11 is 1.60. The molecular weight excluding hydrogens is 266 g/mol. The summed E-state index contributed by atoms with van der Waals surface area (Å²) in [7, 11) is 0. The van der Waals surface area contributed by atoms with Crippen LogP contribution < -0.4 is 5.32 Å². The van der Waals surface area contributed by atoms with Crippen LogP contribution in [-0.4, -0.2) is 28.5 Å². The lowest BCUT2D eigenvalue weighted by Gasteiger charge is -2.02. The van der Waals surface area contributed by atoms with Crippen molar-refractivity contribution in [2.75, 3.05) is 11.5 Å². The average molecular weight is 285 g/mol. The van der Waals surface area contributed by atoms with Crippen LogP contribution in [0.1, 0.15) is 41.6 Å². The molecule has 0 saturated carbocycles. The van der Waals surface area contributed by atoms with Crippen molar-refractivity contribution in [3.8, 4) is 0 Å². The maximum atomic E-state index is 11.5. The number of rotatable bonds is 8. The summed E-state index contributed by atoms with van der Waals surface area (Å²) in [6.07, 6.45) is 2.23. The molecule has 0 aliphatic carbocycles. The minimum absolute atomic E-state index is 0.0629. The van der Waals surface area contributed by atoms with Gasteiger partial charge in [0, 0.05) is 0 Å². The van der Waals surface area contributed by atoms with Crippen LogP contribution in [0.5, 0.6) is 0 Å². The van der Waals surface area contributed by atoms with Crippen molar-refractivity contribution in [1.82, 2.24) is 5.32 Å². The van der Waals surface area contributed by atoms with E-state index in [4.69, 9.17) is 9.52 Å². The Morgan fingerprint density at radius 1 is 1.47 bits per heavy atom. The molecule has 0 radical (unpaired) electrons. The number of hydrogen-bond donors (Lipinski definition) is 2. The predicted octanol–water partition coefficient (Wildman–Crippen LogP) is 2.44. The fourth-order valence-corrected chi connectivity index (χ4v) is 2.42. The maximum absolute atomic E-state index is 11.5. The predicted molar refractivity (Wildman–Crippen MR) is 74.5 cm³/mol. The number of carboxylic acids is 1. The number of aromatic carboxylic acids is 1. The molecular formula is C13H19NO4S. The van der Waals surface area contributed by atoms with E-state index in [1.807, 2.05) is 0 Å². The largest absolute Gasteiger partial charge is 0.478 e. The fraction of sp³-hybridized carbons (Fsp3) is 0.538. The summed E-state index contributed by atoms with van der Waals surface area (Å²) < 4.78 is 5.27. The fourth-order valence-electron chi connectivity index (χ4n) is 1.49. The van der Waals surface area contributed by atoms with Crippen molar-refractivity contribution in [1.29, 1.82) is 0 Å². The van der Waals surface area contributed by atoms with Gasteiger partial charge in [0.25, 0.3) is 0 Å². The molecule has 1 aromatic rings. The number of unbranched alkanes of at least 4 members (excludes halogenated alkanes) is 1. The molecule has 19 heavy (non-hydrogen) atoms. The van der Waals surface area contributed by atoms with E-state index in [1.54, 1.807) is 18.7 Å². The highest BCUT2D eigenvalue weighted by Gasteiger charge is 2.13. The Morgan fingerprint density at radius 2 is 2.21 bits per heavy atom. The van der Waals surface area contributed by atoms with Crippen LogP contribution in [0.25, 0.3) is 0 Å². The Morgan fingerprint density at radius 3 is 2.79 bits per heavy atom. The van der Waals surface area contributed by atoms with Crippen molar-refractivity contribution in [3.63, 3.8) is 0 Å². The number of carbonyl (C=O) groups is 2. The number of carboxylic acid groups (broad SMARTS) is 1. The van der Waals surface area contributed by atoms with Crippen molar-refractivity contribution in [2.45, 2.75) is 33.2 Å². The van der Waals surface area contributed by atoms with Gasteiger partial charge < -0.3 is 14.8 Å². The highest BCUT2D eigenvalue weighted by atomic mass is 32.2. The van der Waals surface area contributed by atoms with Gasteiger partial charge in [-0.3, -0.25) is 4.79 Å². The lowest BCUT2D eigenvalue weighted by molar-refractivity contribution is -0.118. The van der Waals surface area contributed by atoms with Gasteiger partial charge in [0.2, 0.25) is 5.91 Å². The molecule has 6 heteroatoms. The summed E-state index contributed by atoms with van der Waals surface area (Å²) in [5.74, 6) is 1.13. The van der Waals surface area contributed by atoms with E-state index in [1.165, 1.54) is 6.07 Å². The zero-order valence-electron chi connectivity index (χ0n) is 11.2. The minimum atomic E-state index is -1.02. The van der Waals surface area contributed by atoms with Crippen molar-refractivity contribution < 1.29 is 19.1 Å². The van der Waals surface area contributed by atoms with Gasteiger partial charge in [0.05, 0.1) is 12.3 Å². The van der Waals surface area contributed by atoms with Gasteiger partial charge in [-0.1, -0.05) is 13.3 Å². The number of amides is 1. The molecule has 0 saturated heterocycles. The van der Waals surface area contributed by atoms with E-state index in [2.05, 4.69) is 12.2 Å². The molecule has 1 rings (SSSR count). The normalized spacial score (nSPS) is 10.4. The second-order valence-electron chi connectivity index (χ2n) is 4.17. The summed E-state index contributed by atoms with van der Waals surface area (Å²) in [5, 5.41) is 11.6. The van der Waals surface area contributed by atoms with E-state index in [0.717, 1.165) is 18.6 Å². The third-order valence-corrected chi connectivity index (χ3v) is 3.58. The van der Waals surface area contributed by atoms with Gasteiger partial charge in [-0.15, -0.1) is 0 Å². The van der Waals surface area contributed by atoms with Gasteiger partial charge in [0.1, 0.15) is 17.1 Å². The van der Waals surface area contributed by atoms with Crippen molar-refractivity contribution in [3.05, 3.63) is 23.2 Å². The average Bonchev–Trinajstić information content (AvgIpc) is 2.74. The Bertz CT molecular complexity index is 442. The third-order valence-electron chi connectivity index (χ3n) is 2.53. The second kappa shape index (κ2) is 7.89. The maximum Gasteiger partial charge on any atom is 0.339 e. The molecule has 1 amide bonds. The summed E-state index contributed by atoms with van der Waals surface area (Å²) in [4.78, 5) is 22.3. The number of furan rings is 1. The Kier molecular flexibility index (Phi) is 6.49. The molecule has 0 unspecified atom stereocenters. The molecule has 106 valence electrons. The summed E-state index contributed by atoms with van der Waals surface area (Å²) in [6.45, 7) is 3.93. The quantitative estimate of drug-likeness (QED) is 0.717. The molecule has 0 aromatic carbocycles. The first-order chi connectivity index (χ1) is 9.04. The zero-order chi connectivity index (χ0) is 14.3. The van der Waals surface area contributed by atoms with Crippen LogP contribution in [0, 0.1) is 6.92 Å². The SMILES string of the molecule is CCCCSCC(=O)NCc1cc(C(=O)O)c(C)o1. The first-order valence-electron chi connectivity index (χ1n) is 6.21. The van der Waals surface area contributed by atoms with Gasteiger partial charge in [-0.2, -0.15) is 11.8 Å². The Hall–Kier alpha value is -1.43. The number of aryl methyl sites for hydroxylation is 1. The molecule has 0 atom stereocenters. The zero-order valence-corrected chi connectivity index (χ0v) is 12.0. The smallest absolute Gasteiger partial charge is 0.339 e. The van der Waals surface area contributed by atoms with Crippen molar-refractivity contribution in [2.24, 2.45) is 0 Å². The van der Waals surface area contributed by atoms with Crippen molar-refractivity contribution >= 4 is 23.6 Å². The monoisotopic (exact) mass is 285 g/mol. The van der Waals surface area contributed by atoms with E-state index in [0.29, 0.717) is 17.3 Å². The molecule has 0 aliphatic heterocycles. The molecule has 2 N–H and O–H groups in total. The van der Waals surface area contributed by atoms with Gasteiger partial charge in [0.15, 0.2) is 0 Å². The topological polar surface area (TPSA) is 79.5 Å². The van der Waals surface area contributed by atoms with Gasteiger partial charge >= 0.3 is 5.97 Å². The molecule has 0 spiro atoms. The van der Waals surface area contributed by atoms with E-state index >= 15 is 0 Å². The minimum Gasteiger partial charge on any atom is -0.478 e. The summed E-state index contributed by atoms with van der Waals surface area (Å²) in [5.41, 5.74) is 0.140. The number of hydrogen-bond acceptors (Lipinski definition) is 4. The highest BCUT2D eigenvalue weighted by molar-refractivity contribution is 7.99. The van der Waals surface area contributed by atoms with Crippen LogP contribution in [0.2, 0.25) is 0 Å². The van der Waals surface area contributed by atoms with Gasteiger partial charge in [-0.05, 0) is 25.2 Å². The van der Waals surface area contributed by atoms with E-state index in [9.17, 15) is 9.59 Å². The van der Waals surface area contributed by atoms with Crippen LogP contribution in [-0.2, 0) is 11.3 Å². The Labute approximate surface area is 116 Å². The molecule has 5 nitrogen and oxygen atoms in total. The Balaban J connectivity index is 2.34. The van der Waals surface area contributed by atoms with Gasteiger partial charge in [-0.25, -0.2) is 4.79 Å². The molecule has 0 aliphatic rings. The highest BCUT2D eigenvalue weighted by Crippen LogP contribution is 2.14. The van der Waals surface area contributed by atoms with E-state index in [-0.39, 0.29) is 18.0 Å². The summed E-state index contributed by atoms with van der Waals surface area (Å²) in [6, 6.07) is 1.45. The molecule has 0 bridgehead atoms. The first-order valence-corrected chi connectivity index (χ1v) is 7.37. The lowest BCUT2D eigenvalue weighted by Crippen LogP contribution is -2.24. The molecule has 1 heterocycles. The van der Waals surface area contributed by atoms with E-state index < -0.39 is 5.97 Å². The number of carbonyl (C=O) groups excluding carboxylic acids is 1. The number of nitrogens with one attached hydrogen (secondary N) is 1. The number of thioether (sulfide) groups is 1. The van der Waals surface area contributed by atoms with Crippen LogP contribution in [0.4, 0.5) is 0 Å². The molecule has 0 fully saturated rings.